The molecule has 2 aromatic rings. The average Bonchev–Trinajstić information content (AvgIpc) is 2.59. The summed E-state index contributed by atoms with van der Waals surface area (Å²) in [5.41, 5.74) is 3.80. The second kappa shape index (κ2) is 9.13. The number of rotatable bonds is 6. The molecule has 8 heteroatoms. The van der Waals surface area contributed by atoms with Crippen molar-refractivity contribution < 1.29 is 13.2 Å². The van der Waals surface area contributed by atoms with Crippen molar-refractivity contribution in [1.29, 1.82) is 0 Å². The van der Waals surface area contributed by atoms with E-state index in [0.29, 0.717) is 18.8 Å². The zero-order valence-corrected chi connectivity index (χ0v) is 19.4. The van der Waals surface area contributed by atoms with Gasteiger partial charge >= 0.3 is 6.03 Å². The molecule has 0 fully saturated rings. The summed E-state index contributed by atoms with van der Waals surface area (Å²) >= 11 is 2.06. The van der Waals surface area contributed by atoms with Crippen LogP contribution >= 0.6 is 22.6 Å². The van der Waals surface area contributed by atoms with Crippen molar-refractivity contribution in [2.75, 3.05) is 11.0 Å². The van der Waals surface area contributed by atoms with Gasteiger partial charge in [0.05, 0.1) is 11.9 Å². The first-order chi connectivity index (χ1) is 12.9. The van der Waals surface area contributed by atoms with Gasteiger partial charge in [-0.25, -0.2) is 13.2 Å². The van der Waals surface area contributed by atoms with Crippen LogP contribution in [0.3, 0.4) is 0 Å². The number of carbonyl (C=O) groups is 1. The second-order valence-corrected chi connectivity index (χ2v) is 10.6. The van der Waals surface area contributed by atoms with Gasteiger partial charge in [0.2, 0.25) is 10.0 Å². The Morgan fingerprint density at radius 2 is 1.50 bits per heavy atom. The van der Waals surface area contributed by atoms with Gasteiger partial charge in [-0.05, 0) is 56.8 Å². The first-order valence-corrected chi connectivity index (χ1v) is 11.8. The van der Waals surface area contributed by atoms with Gasteiger partial charge < -0.3 is 10.6 Å². The molecule has 0 aliphatic heterocycles. The highest BCUT2D eigenvalue weighted by Gasteiger charge is 2.13. The normalized spacial score (nSPS) is 11.8. The van der Waals surface area contributed by atoms with Gasteiger partial charge in [0.15, 0.2) is 0 Å². The molecule has 0 saturated carbocycles. The van der Waals surface area contributed by atoms with E-state index in [1.807, 2.05) is 18.2 Å². The van der Waals surface area contributed by atoms with Crippen molar-refractivity contribution in [3.8, 4) is 0 Å². The maximum absolute atomic E-state index is 12.0. The van der Waals surface area contributed by atoms with Gasteiger partial charge in [-0.1, -0.05) is 51.1 Å². The fourth-order valence-electron chi connectivity index (χ4n) is 2.50. The van der Waals surface area contributed by atoms with Crippen LogP contribution in [0.25, 0.3) is 0 Å². The van der Waals surface area contributed by atoms with Gasteiger partial charge in [0.1, 0.15) is 0 Å². The van der Waals surface area contributed by atoms with Crippen LogP contribution in [0.5, 0.6) is 0 Å². The predicted molar refractivity (Wildman–Crippen MR) is 122 cm³/mol. The van der Waals surface area contributed by atoms with Crippen LogP contribution < -0.4 is 15.4 Å². The lowest BCUT2D eigenvalue weighted by molar-refractivity contribution is 0.240. The van der Waals surface area contributed by atoms with Crippen LogP contribution in [-0.2, 0) is 28.5 Å². The molecule has 0 unspecified atom stereocenters. The van der Waals surface area contributed by atoms with Crippen molar-refractivity contribution in [3.05, 3.63) is 62.7 Å². The van der Waals surface area contributed by atoms with E-state index in [1.165, 1.54) is 5.56 Å². The summed E-state index contributed by atoms with van der Waals surface area (Å²) in [6.45, 7) is 7.30. The molecule has 0 heterocycles. The molecule has 2 aromatic carbocycles. The molecule has 3 N–H and O–H groups in total. The van der Waals surface area contributed by atoms with E-state index in [0.717, 1.165) is 21.0 Å². The smallest absolute Gasteiger partial charge is 0.315 e. The van der Waals surface area contributed by atoms with E-state index in [2.05, 4.69) is 70.9 Å². The van der Waals surface area contributed by atoms with E-state index < -0.39 is 10.0 Å². The number of sulfonamides is 1. The molecule has 0 radical (unpaired) electrons. The summed E-state index contributed by atoms with van der Waals surface area (Å²) in [5.74, 6) is 0. The molecular weight excluding hydrogens is 489 g/mol. The van der Waals surface area contributed by atoms with Gasteiger partial charge in [0.25, 0.3) is 0 Å². The Labute approximate surface area is 180 Å². The van der Waals surface area contributed by atoms with Crippen LogP contribution in [0, 0.1) is 3.57 Å². The molecule has 0 saturated heterocycles. The topological polar surface area (TPSA) is 87.3 Å². The fraction of sp³-hybridized carbons (Fsp3) is 0.350. The molecule has 2 rings (SSSR count). The van der Waals surface area contributed by atoms with E-state index in [4.69, 9.17) is 0 Å². The quantitative estimate of drug-likeness (QED) is 0.509. The van der Waals surface area contributed by atoms with Crippen LogP contribution in [0.15, 0.2) is 42.5 Å². The number of nitrogens with one attached hydrogen (secondary N) is 3. The highest BCUT2D eigenvalue weighted by atomic mass is 127. The average molecular weight is 515 g/mol. The lowest BCUT2D eigenvalue weighted by Gasteiger charge is -2.19. The molecule has 0 aliphatic carbocycles. The van der Waals surface area contributed by atoms with Gasteiger partial charge in [0, 0.05) is 16.7 Å². The first-order valence-electron chi connectivity index (χ1n) is 8.81. The molecule has 0 bridgehead atoms. The molecule has 2 amide bonds. The predicted octanol–water partition coefficient (Wildman–Crippen LogP) is 3.96. The number of anilines is 1. The summed E-state index contributed by atoms with van der Waals surface area (Å²) in [7, 11) is -3.32. The van der Waals surface area contributed by atoms with Crippen molar-refractivity contribution >= 4 is 44.3 Å². The number of hydrogen-bond donors (Lipinski definition) is 3. The molecular formula is C20H26IN3O3S. The third-order valence-corrected chi connectivity index (χ3v) is 5.54. The second-order valence-electron chi connectivity index (χ2n) is 7.67. The van der Waals surface area contributed by atoms with Crippen LogP contribution in [-0.4, -0.2) is 20.7 Å². The minimum absolute atomic E-state index is 0.104. The molecule has 0 aliphatic rings. The summed E-state index contributed by atoms with van der Waals surface area (Å²) in [6.07, 6.45) is 1.11. The number of carbonyl (C=O) groups excluding carboxylic acids is 1. The zero-order valence-electron chi connectivity index (χ0n) is 16.5. The Hall–Kier alpha value is -1.81. The van der Waals surface area contributed by atoms with Gasteiger partial charge in [-0.15, -0.1) is 0 Å². The molecule has 152 valence electrons. The van der Waals surface area contributed by atoms with Crippen molar-refractivity contribution in [3.63, 3.8) is 0 Å². The lowest BCUT2D eigenvalue weighted by atomic mass is 9.87. The van der Waals surface area contributed by atoms with Gasteiger partial charge in [-0.3, -0.25) is 4.72 Å². The highest BCUT2D eigenvalue weighted by Crippen LogP contribution is 2.22. The number of benzene rings is 2. The van der Waals surface area contributed by atoms with E-state index in [1.54, 1.807) is 12.1 Å². The third-order valence-electron chi connectivity index (χ3n) is 4.05. The number of urea groups is 1. The molecule has 0 aromatic heterocycles. The van der Waals surface area contributed by atoms with Crippen LogP contribution in [0.2, 0.25) is 0 Å². The summed E-state index contributed by atoms with van der Waals surface area (Å²) in [4.78, 5) is 12.0. The molecule has 0 atom stereocenters. The molecule has 0 spiro atoms. The third kappa shape index (κ3) is 7.31. The minimum Gasteiger partial charge on any atom is -0.334 e. The first kappa shape index (κ1) is 22.5. The lowest BCUT2D eigenvalue weighted by Crippen LogP contribution is -2.34. The van der Waals surface area contributed by atoms with E-state index in [-0.39, 0.29) is 11.4 Å². The van der Waals surface area contributed by atoms with Crippen molar-refractivity contribution in [1.82, 2.24) is 10.6 Å². The van der Waals surface area contributed by atoms with E-state index >= 15 is 0 Å². The minimum atomic E-state index is -3.32. The zero-order chi connectivity index (χ0) is 20.9. The number of hydrogen-bond acceptors (Lipinski definition) is 3. The van der Waals surface area contributed by atoms with Crippen molar-refractivity contribution in [2.24, 2.45) is 0 Å². The number of halogens is 1. The number of amides is 2. The highest BCUT2D eigenvalue weighted by molar-refractivity contribution is 14.1. The molecule has 6 nitrogen and oxygen atoms in total. The Morgan fingerprint density at radius 3 is 2.00 bits per heavy atom. The Bertz CT molecular complexity index is 936. The standard InChI is InChI=1S/C20H26IN3O3S/c1-20(2,3)16-8-5-14(6-9-16)12-22-19(25)23-13-15-7-10-18(17(21)11-15)24-28(4,26)27/h5-11,24H,12-13H2,1-4H3,(H2,22,23,25). The summed E-state index contributed by atoms with van der Waals surface area (Å²) in [6, 6.07) is 13.3. The Balaban J connectivity index is 1.85. The van der Waals surface area contributed by atoms with Crippen LogP contribution in [0.4, 0.5) is 10.5 Å². The maximum atomic E-state index is 12.0. The Morgan fingerprint density at radius 1 is 0.964 bits per heavy atom. The van der Waals surface area contributed by atoms with Crippen LogP contribution in [0.1, 0.15) is 37.5 Å². The molecule has 28 heavy (non-hydrogen) atoms. The SMILES string of the molecule is CC(C)(C)c1ccc(CNC(=O)NCc2ccc(NS(C)(=O)=O)c(I)c2)cc1. The largest absolute Gasteiger partial charge is 0.334 e. The maximum Gasteiger partial charge on any atom is 0.315 e. The fourth-order valence-corrected chi connectivity index (χ4v) is 3.98. The van der Waals surface area contributed by atoms with Crippen molar-refractivity contribution in [2.45, 2.75) is 39.3 Å². The Kier molecular flexibility index (Phi) is 7.33. The van der Waals surface area contributed by atoms with Gasteiger partial charge in [-0.2, -0.15) is 0 Å². The van der Waals surface area contributed by atoms with E-state index in [9.17, 15) is 13.2 Å². The summed E-state index contributed by atoms with van der Waals surface area (Å²) in [5, 5.41) is 5.65. The summed E-state index contributed by atoms with van der Waals surface area (Å²) < 4.78 is 25.9. The monoisotopic (exact) mass is 515 g/mol.